The molecule has 2 rings (SSSR count). The molecule has 0 saturated heterocycles. The van der Waals surface area contributed by atoms with Gasteiger partial charge in [-0.1, -0.05) is 50.4 Å². The Morgan fingerprint density at radius 3 is 2.57 bits per heavy atom. The molecule has 0 aromatic carbocycles. The minimum Gasteiger partial charge on any atom is -0.462 e. The number of carbonyl (C=O) groups excluding carboxylic acids is 1. The largest absolute Gasteiger partial charge is 0.462 e. The van der Waals surface area contributed by atoms with Crippen molar-refractivity contribution in [3.8, 4) is 0 Å². The number of unbranched alkanes of at least 4 members (excludes halogenated alkanes) is 7. The Labute approximate surface area is 180 Å². The molecule has 1 aliphatic rings. The number of guanidine groups is 1. The molecule has 1 aliphatic heterocycles. The van der Waals surface area contributed by atoms with E-state index < -0.39 is 0 Å². The Bertz CT molecular complexity index is 716. The van der Waals surface area contributed by atoms with Crippen LogP contribution in [-0.2, 0) is 24.1 Å². The van der Waals surface area contributed by atoms with Crippen LogP contribution in [0.15, 0.2) is 0 Å². The molecule has 1 aromatic rings. The lowest BCUT2D eigenvalue weighted by atomic mass is 10.0. The van der Waals surface area contributed by atoms with Crippen LogP contribution in [0.4, 0.5) is 5.95 Å². The first-order valence-electron chi connectivity index (χ1n) is 11.5. The number of esters is 1. The molecule has 0 bridgehead atoms. The van der Waals surface area contributed by atoms with E-state index in [1.54, 1.807) is 0 Å². The third kappa shape index (κ3) is 7.46. The molecule has 0 fully saturated rings. The number of carbonyl (C=O) groups is 1. The topological polar surface area (TPSA) is 135 Å². The van der Waals surface area contributed by atoms with E-state index in [9.17, 15) is 4.79 Å². The van der Waals surface area contributed by atoms with Gasteiger partial charge in [0.25, 0.3) is 0 Å². The van der Waals surface area contributed by atoms with E-state index >= 15 is 0 Å². The molecule has 0 spiro atoms. The standard InChI is InChI=1S/C22H38N6O2/c1-2-3-4-5-6-7-8-12-17-19(18-13-11-15-28(18)22(25)27-17)20(29)30-16-10-9-14-26-21(23)24/h25H,2-16H2,1H3,(H4,23,24,26)/p+2. The van der Waals surface area contributed by atoms with Crippen molar-refractivity contribution in [3.05, 3.63) is 17.0 Å². The van der Waals surface area contributed by atoms with Gasteiger partial charge in [0.1, 0.15) is 11.3 Å². The van der Waals surface area contributed by atoms with Crippen LogP contribution in [0, 0.1) is 0 Å². The summed E-state index contributed by atoms with van der Waals surface area (Å²) >= 11 is 0. The first kappa shape index (κ1) is 23.9. The van der Waals surface area contributed by atoms with Gasteiger partial charge in [-0.3, -0.25) is 22.2 Å². The molecular formula is C22H40N6O2+2. The molecule has 168 valence electrons. The molecule has 8 heteroatoms. The van der Waals surface area contributed by atoms with Crippen molar-refractivity contribution in [2.24, 2.45) is 11.5 Å². The average molecular weight is 421 g/mol. The van der Waals surface area contributed by atoms with Crippen LogP contribution in [0.2, 0.25) is 0 Å². The Hall–Kier alpha value is -2.38. The molecule has 1 aromatic heterocycles. The van der Waals surface area contributed by atoms with Gasteiger partial charge >= 0.3 is 17.9 Å². The molecular weight excluding hydrogens is 380 g/mol. The van der Waals surface area contributed by atoms with E-state index in [0.717, 1.165) is 62.9 Å². The second-order valence-electron chi connectivity index (χ2n) is 8.09. The third-order valence-electron chi connectivity index (χ3n) is 5.58. The van der Waals surface area contributed by atoms with Crippen LogP contribution in [0.5, 0.6) is 0 Å². The molecule has 0 atom stereocenters. The lowest BCUT2D eigenvalue weighted by Gasteiger charge is -2.11. The van der Waals surface area contributed by atoms with Crippen molar-refractivity contribution in [1.82, 2.24) is 4.98 Å². The van der Waals surface area contributed by atoms with E-state index in [-0.39, 0.29) is 11.9 Å². The highest BCUT2D eigenvalue weighted by Gasteiger charge is 2.31. The summed E-state index contributed by atoms with van der Waals surface area (Å²) in [6.45, 7) is 4.08. The minimum absolute atomic E-state index is 0.211. The van der Waals surface area contributed by atoms with Gasteiger partial charge < -0.3 is 4.74 Å². The fourth-order valence-electron chi connectivity index (χ4n) is 3.97. The number of nitrogen functional groups attached to an aromatic ring is 1. The highest BCUT2D eigenvalue weighted by atomic mass is 16.5. The van der Waals surface area contributed by atoms with Crippen LogP contribution in [0.1, 0.15) is 92.9 Å². The van der Waals surface area contributed by atoms with Crippen LogP contribution >= 0.6 is 0 Å². The number of anilines is 1. The normalized spacial score (nSPS) is 12.6. The smallest absolute Gasteiger partial charge is 0.389 e. The first-order chi connectivity index (χ1) is 14.5. The number of nitrogens with two attached hydrogens (primary N) is 3. The van der Waals surface area contributed by atoms with E-state index in [1.807, 2.05) is 4.57 Å². The van der Waals surface area contributed by atoms with Crippen molar-refractivity contribution >= 4 is 17.9 Å². The molecule has 0 radical (unpaired) electrons. The van der Waals surface area contributed by atoms with E-state index in [1.165, 1.54) is 32.1 Å². The molecule has 30 heavy (non-hydrogen) atoms. The van der Waals surface area contributed by atoms with Gasteiger partial charge in [-0.25, -0.2) is 9.36 Å². The van der Waals surface area contributed by atoms with E-state index in [0.29, 0.717) is 24.7 Å². The number of aromatic nitrogens is 2. The number of aryl methyl sites for hydroxylation is 1. The van der Waals surface area contributed by atoms with Crippen molar-refractivity contribution in [2.75, 3.05) is 18.9 Å². The van der Waals surface area contributed by atoms with Crippen LogP contribution in [0.25, 0.3) is 0 Å². The molecule has 0 aliphatic carbocycles. The average Bonchev–Trinajstić information content (AvgIpc) is 3.20. The predicted molar refractivity (Wildman–Crippen MR) is 118 cm³/mol. The number of nitrogens with zero attached hydrogens (tertiary/aromatic N) is 2. The fourth-order valence-corrected chi connectivity index (χ4v) is 3.97. The zero-order valence-corrected chi connectivity index (χ0v) is 18.5. The van der Waals surface area contributed by atoms with Gasteiger partial charge in [-0.2, -0.15) is 0 Å². The summed E-state index contributed by atoms with van der Waals surface area (Å²) in [5, 5.41) is 0. The van der Waals surface area contributed by atoms with Gasteiger partial charge in [0.15, 0.2) is 0 Å². The van der Waals surface area contributed by atoms with Gasteiger partial charge in [0.2, 0.25) is 0 Å². The lowest BCUT2D eigenvalue weighted by molar-refractivity contribution is -0.679. The Kier molecular flexibility index (Phi) is 10.4. The molecule has 0 unspecified atom stereocenters. The van der Waals surface area contributed by atoms with Gasteiger partial charge in [-0.15, -0.1) is 0 Å². The Morgan fingerprint density at radius 1 is 1.10 bits per heavy atom. The summed E-state index contributed by atoms with van der Waals surface area (Å²) in [4.78, 5) is 20.4. The van der Waals surface area contributed by atoms with Crippen LogP contribution in [-0.4, -0.2) is 30.1 Å². The van der Waals surface area contributed by atoms with Crippen LogP contribution in [0.3, 0.4) is 0 Å². The minimum atomic E-state index is -0.274. The summed E-state index contributed by atoms with van der Waals surface area (Å²) < 4.78 is 7.55. The van der Waals surface area contributed by atoms with Crippen molar-refractivity contribution in [3.63, 3.8) is 0 Å². The van der Waals surface area contributed by atoms with Crippen molar-refractivity contribution in [2.45, 2.75) is 90.5 Å². The van der Waals surface area contributed by atoms with Crippen LogP contribution < -0.4 is 26.8 Å². The van der Waals surface area contributed by atoms with E-state index in [2.05, 4.69) is 16.9 Å². The number of ether oxygens (including phenoxy) is 1. The molecule has 0 amide bonds. The zero-order chi connectivity index (χ0) is 21.8. The molecule has 2 heterocycles. The number of hydrogen-bond donors (Lipinski definition) is 4. The maximum absolute atomic E-state index is 12.9. The SMILES string of the molecule is CCCCCCCCCc1nc(N)[n+]2c(c1C(=O)OCCCC[NH+]=C(N)N)CCC2. The summed E-state index contributed by atoms with van der Waals surface area (Å²) in [7, 11) is 0. The number of rotatable bonds is 14. The second-order valence-corrected chi connectivity index (χ2v) is 8.09. The summed E-state index contributed by atoms with van der Waals surface area (Å²) in [5.41, 5.74) is 19.3. The zero-order valence-electron chi connectivity index (χ0n) is 18.5. The summed E-state index contributed by atoms with van der Waals surface area (Å²) in [6.07, 6.45) is 12.7. The molecule has 0 saturated carbocycles. The maximum Gasteiger partial charge on any atom is 0.389 e. The first-order valence-corrected chi connectivity index (χ1v) is 11.5. The Balaban J connectivity index is 1.94. The number of hydrogen-bond acceptors (Lipinski definition) is 4. The predicted octanol–water partition coefficient (Wildman–Crippen LogP) is 0.482. The fraction of sp³-hybridized carbons (Fsp3) is 0.727. The highest BCUT2D eigenvalue weighted by Crippen LogP contribution is 2.21. The van der Waals surface area contributed by atoms with Crippen molar-refractivity contribution < 1.29 is 19.1 Å². The Morgan fingerprint density at radius 2 is 1.83 bits per heavy atom. The van der Waals surface area contributed by atoms with Crippen molar-refractivity contribution in [1.29, 1.82) is 0 Å². The van der Waals surface area contributed by atoms with Gasteiger partial charge in [0.05, 0.1) is 25.4 Å². The van der Waals surface area contributed by atoms with E-state index in [4.69, 9.17) is 21.9 Å². The van der Waals surface area contributed by atoms with Gasteiger partial charge in [-0.05, 0) is 25.7 Å². The highest BCUT2D eigenvalue weighted by molar-refractivity contribution is 5.91. The maximum atomic E-state index is 12.9. The summed E-state index contributed by atoms with van der Waals surface area (Å²) in [6, 6.07) is 0. The second kappa shape index (κ2) is 13.0. The monoisotopic (exact) mass is 420 g/mol. The molecule has 8 nitrogen and oxygen atoms in total. The molecule has 7 N–H and O–H groups in total. The third-order valence-corrected chi connectivity index (χ3v) is 5.58. The number of nitrogens with one attached hydrogen (secondary N) is 1. The quantitative estimate of drug-likeness (QED) is 0.114. The van der Waals surface area contributed by atoms with Gasteiger partial charge in [0, 0.05) is 12.8 Å². The lowest BCUT2D eigenvalue weighted by Crippen LogP contribution is -2.78. The number of fused-ring (bicyclic) bond motifs is 1. The summed E-state index contributed by atoms with van der Waals surface area (Å²) in [5.74, 6) is 0.449.